The van der Waals surface area contributed by atoms with E-state index in [0.717, 1.165) is 25.1 Å². The Balaban J connectivity index is 1.66. The second kappa shape index (κ2) is 6.06. The van der Waals surface area contributed by atoms with Gasteiger partial charge in [0.25, 0.3) is 5.56 Å². The van der Waals surface area contributed by atoms with Gasteiger partial charge < -0.3 is 4.98 Å². The van der Waals surface area contributed by atoms with Crippen molar-refractivity contribution in [3.05, 3.63) is 22.4 Å². The SMILES string of the molecule is O=c1[nH]c(CC2CCCC2)nc2c1cnn2C1CCC(F)CC1. The number of alkyl halides is 1. The summed E-state index contributed by atoms with van der Waals surface area (Å²) >= 11 is 0. The average molecular weight is 318 g/mol. The van der Waals surface area contributed by atoms with Crippen LogP contribution in [0.15, 0.2) is 11.0 Å². The zero-order valence-corrected chi connectivity index (χ0v) is 13.3. The van der Waals surface area contributed by atoms with Crippen molar-refractivity contribution in [2.75, 3.05) is 0 Å². The number of halogens is 1. The molecular formula is C17H23FN4O. The smallest absolute Gasteiger partial charge is 0.262 e. The average Bonchev–Trinajstić information content (AvgIpc) is 3.18. The Kier molecular flexibility index (Phi) is 3.91. The number of hydrogen-bond acceptors (Lipinski definition) is 3. The van der Waals surface area contributed by atoms with Crippen LogP contribution in [0.25, 0.3) is 11.0 Å². The van der Waals surface area contributed by atoms with Crippen molar-refractivity contribution in [1.82, 2.24) is 19.7 Å². The van der Waals surface area contributed by atoms with Gasteiger partial charge in [0, 0.05) is 6.42 Å². The minimum Gasteiger partial charge on any atom is -0.310 e. The Morgan fingerprint density at radius 2 is 1.91 bits per heavy atom. The number of rotatable bonds is 3. The summed E-state index contributed by atoms with van der Waals surface area (Å²) in [6.07, 6.45) is 9.44. The molecule has 5 nitrogen and oxygen atoms in total. The largest absolute Gasteiger partial charge is 0.310 e. The van der Waals surface area contributed by atoms with Gasteiger partial charge in [-0.05, 0) is 31.6 Å². The molecule has 2 saturated carbocycles. The number of aromatic amines is 1. The van der Waals surface area contributed by atoms with E-state index in [1.165, 1.54) is 25.7 Å². The van der Waals surface area contributed by atoms with E-state index in [4.69, 9.17) is 4.98 Å². The molecule has 2 fully saturated rings. The molecule has 0 bridgehead atoms. The molecule has 0 unspecified atom stereocenters. The standard InChI is InChI=1S/C17H23FN4O/c18-12-5-7-13(8-6-12)22-16-14(10-19-22)17(23)21-15(20-16)9-11-3-1-2-4-11/h10-13H,1-9H2,(H,20,21,23). The van der Waals surface area contributed by atoms with E-state index < -0.39 is 6.17 Å². The lowest BCUT2D eigenvalue weighted by Gasteiger charge is -2.24. The van der Waals surface area contributed by atoms with E-state index in [1.807, 2.05) is 4.68 Å². The Morgan fingerprint density at radius 3 is 2.65 bits per heavy atom. The van der Waals surface area contributed by atoms with Crippen molar-refractivity contribution in [3.8, 4) is 0 Å². The van der Waals surface area contributed by atoms with Crippen LogP contribution in [0.1, 0.15) is 63.2 Å². The van der Waals surface area contributed by atoms with Crippen LogP contribution in [-0.4, -0.2) is 25.9 Å². The summed E-state index contributed by atoms with van der Waals surface area (Å²) in [6.45, 7) is 0. The molecule has 23 heavy (non-hydrogen) atoms. The summed E-state index contributed by atoms with van der Waals surface area (Å²) in [5, 5.41) is 4.93. The number of fused-ring (bicyclic) bond motifs is 1. The van der Waals surface area contributed by atoms with Gasteiger partial charge in [0.15, 0.2) is 5.65 Å². The molecule has 6 heteroatoms. The number of hydrogen-bond donors (Lipinski definition) is 1. The first-order chi connectivity index (χ1) is 11.2. The van der Waals surface area contributed by atoms with Crippen molar-refractivity contribution in [2.24, 2.45) is 5.92 Å². The predicted octanol–water partition coefficient (Wildman–Crippen LogP) is 3.31. The van der Waals surface area contributed by atoms with Crippen LogP contribution in [0.2, 0.25) is 0 Å². The molecule has 0 saturated heterocycles. The van der Waals surface area contributed by atoms with E-state index in [2.05, 4.69) is 10.1 Å². The van der Waals surface area contributed by atoms with Crippen LogP contribution in [0.4, 0.5) is 4.39 Å². The van der Waals surface area contributed by atoms with Crippen LogP contribution in [0, 0.1) is 5.92 Å². The maximum atomic E-state index is 13.4. The Labute approximate surface area is 134 Å². The number of nitrogens with one attached hydrogen (secondary N) is 1. The number of aromatic nitrogens is 4. The molecule has 2 aromatic heterocycles. The fourth-order valence-corrected chi connectivity index (χ4v) is 4.11. The van der Waals surface area contributed by atoms with Gasteiger partial charge in [0.1, 0.15) is 17.4 Å². The molecule has 0 aromatic carbocycles. The molecule has 0 atom stereocenters. The summed E-state index contributed by atoms with van der Waals surface area (Å²) in [7, 11) is 0. The van der Waals surface area contributed by atoms with Crippen LogP contribution in [0.3, 0.4) is 0 Å². The van der Waals surface area contributed by atoms with E-state index in [0.29, 0.717) is 29.8 Å². The zero-order chi connectivity index (χ0) is 15.8. The number of H-pyrrole nitrogens is 1. The van der Waals surface area contributed by atoms with Crippen molar-refractivity contribution in [1.29, 1.82) is 0 Å². The van der Waals surface area contributed by atoms with E-state index in [-0.39, 0.29) is 11.6 Å². The molecule has 0 amide bonds. The fourth-order valence-electron chi connectivity index (χ4n) is 4.11. The van der Waals surface area contributed by atoms with Gasteiger partial charge >= 0.3 is 0 Å². The minimum absolute atomic E-state index is 0.103. The van der Waals surface area contributed by atoms with Gasteiger partial charge in [-0.15, -0.1) is 0 Å². The van der Waals surface area contributed by atoms with Crippen molar-refractivity contribution in [2.45, 2.75) is 70.0 Å². The normalized spacial score (nSPS) is 26.1. The highest BCUT2D eigenvalue weighted by molar-refractivity contribution is 5.73. The van der Waals surface area contributed by atoms with Crippen molar-refractivity contribution < 1.29 is 4.39 Å². The van der Waals surface area contributed by atoms with Crippen molar-refractivity contribution >= 4 is 11.0 Å². The molecule has 2 aliphatic rings. The Hall–Kier alpha value is -1.72. The summed E-state index contributed by atoms with van der Waals surface area (Å²) in [5.41, 5.74) is 0.567. The van der Waals surface area contributed by atoms with E-state index >= 15 is 0 Å². The highest BCUT2D eigenvalue weighted by Gasteiger charge is 2.25. The summed E-state index contributed by atoms with van der Waals surface area (Å²) in [5.74, 6) is 1.41. The fraction of sp³-hybridized carbons (Fsp3) is 0.706. The molecule has 124 valence electrons. The van der Waals surface area contributed by atoms with Crippen LogP contribution < -0.4 is 5.56 Å². The Morgan fingerprint density at radius 1 is 1.17 bits per heavy atom. The lowest BCUT2D eigenvalue weighted by Crippen LogP contribution is -2.21. The molecule has 0 radical (unpaired) electrons. The first-order valence-corrected chi connectivity index (χ1v) is 8.81. The predicted molar refractivity (Wildman–Crippen MR) is 86.2 cm³/mol. The van der Waals surface area contributed by atoms with Gasteiger partial charge in [-0.1, -0.05) is 25.7 Å². The Bertz CT molecular complexity index is 739. The molecule has 0 aliphatic heterocycles. The molecule has 1 N–H and O–H groups in total. The van der Waals surface area contributed by atoms with Gasteiger partial charge in [0.05, 0.1) is 12.2 Å². The van der Waals surface area contributed by atoms with Crippen LogP contribution in [-0.2, 0) is 6.42 Å². The molecule has 2 aliphatic carbocycles. The van der Waals surface area contributed by atoms with Crippen LogP contribution in [0.5, 0.6) is 0 Å². The summed E-state index contributed by atoms with van der Waals surface area (Å²) < 4.78 is 15.2. The second-order valence-corrected chi connectivity index (χ2v) is 7.10. The zero-order valence-electron chi connectivity index (χ0n) is 13.3. The highest BCUT2D eigenvalue weighted by Crippen LogP contribution is 2.31. The quantitative estimate of drug-likeness (QED) is 0.944. The molecule has 0 spiro atoms. The highest BCUT2D eigenvalue weighted by atomic mass is 19.1. The first kappa shape index (κ1) is 14.8. The van der Waals surface area contributed by atoms with Crippen molar-refractivity contribution in [3.63, 3.8) is 0 Å². The van der Waals surface area contributed by atoms with Gasteiger partial charge in [-0.25, -0.2) is 14.1 Å². The maximum absolute atomic E-state index is 13.4. The lowest BCUT2D eigenvalue weighted by molar-refractivity contribution is 0.204. The third-order valence-corrected chi connectivity index (χ3v) is 5.44. The number of nitrogens with zero attached hydrogens (tertiary/aromatic N) is 3. The monoisotopic (exact) mass is 318 g/mol. The van der Waals surface area contributed by atoms with Crippen LogP contribution >= 0.6 is 0 Å². The first-order valence-electron chi connectivity index (χ1n) is 8.81. The van der Waals surface area contributed by atoms with Gasteiger partial charge in [-0.2, -0.15) is 5.10 Å². The molecule has 2 aromatic rings. The molecule has 2 heterocycles. The third-order valence-electron chi connectivity index (χ3n) is 5.44. The van der Waals surface area contributed by atoms with Gasteiger partial charge in [-0.3, -0.25) is 4.79 Å². The molecular weight excluding hydrogens is 295 g/mol. The topological polar surface area (TPSA) is 63.6 Å². The van der Waals surface area contributed by atoms with Gasteiger partial charge in [0.2, 0.25) is 0 Å². The maximum Gasteiger partial charge on any atom is 0.262 e. The summed E-state index contributed by atoms with van der Waals surface area (Å²) in [6, 6.07) is 0.160. The van der Waals surface area contributed by atoms with E-state index in [9.17, 15) is 9.18 Å². The molecule has 4 rings (SSSR count). The third kappa shape index (κ3) is 2.91. The summed E-state index contributed by atoms with van der Waals surface area (Å²) in [4.78, 5) is 19.9. The second-order valence-electron chi connectivity index (χ2n) is 7.10. The lowest BCUT2D eigenvalue weighted by atomic mass is 9.94. The van der Waals surface area contributed by atoms with E-state index in [1.54, 1.807) is 6.20 Å². The minimum atomic E-state index is -0.692.